The van der Waals surface area contributed by atoms with E-state index in [0.29, 0.717) is 41.5 Å². The molecule has 2 fully saturated rings. The number of aryl methyl sites for hydroxylation is 1. The Labute approximate surface area is 396 Å². The summed E-state index contributed by atoms with van der Waals surface area (Å²) in [4.78, 5) is 60.6. The number of aliphatic hydroxyl groups is 1. The molecule has 14 nitrogen and oxygen atoms in total. The number of anilines is 1. The summed E-state index contributed by atoms with van der Waals surface area (Å²) in [5, 5.41) is 32.4. The number of aliphatic hydroxyl groups excluding tert-OH is 1. The Morgan fingerprint density at radius 1 is 1.02 bits per heavy atom. The number of unbranched alkanes of at least 4 members (excludes halogenated alkanes) is 1. The number of benzene rings is 3. The predicted molar refractivity (Wildman–Crippen MR) is 256 cm³/mol. The van der Waals surface area contributed by atoms with E-state index in [0.717, 1.165) is 33.8 Å². The smallest absolute Gasteiger partial charge is 0.251 e. The van der Waals surface area contributed by atoms with Gasteiger partial charge in [0.25, 0.3) is 5.91 Å². The Morgan fingerprint density at radius 2 is 1.71 bits per heavy atom. The van der Waals surface area contributed by atoms with Crippen molar-refractivity contribution in [1.29, 1.82) is 5.26 Å². The molecule has 5 N–H and O–H groups in total. The van der Waals surface area contributed by atoms with Gasteiger partial charge in [-0.15, -0.1) is 11.3 Å². The molecule has 2 heterocycles. The molecule has 3 atom stereocenters. The number of nitrogens with one attached hydrogen (secondary N) is 4. The Morgan fingerprint density at radius 3 is 2.33 bits per heavy atom. The van der Waals surface area contributed by atoms with Crippen molar-refractivity contribution in [3.05, 3.63) is 99.6 Å². The highest BCUT2D eigenvalue weighted by Gasteiger charge is 2.64. The van der Waals surface area contributed by atoms with Gasteiger partial charge in [-0.25, -0.2) is 4.98 Å². The highest BCUT2D eigenvalue weighted by Crippen LogP contribution is 2.55. The maximum absolute atomic E-state index is 14.0. The van der Waals surface area contributed by atoms with Crippen LogP contribution in [0, 0.1) is 34.5 Å². The van der Waals surface area contributed by atoms with Gasteiger partial charge in [-0.05, 0) is 72.7 Å². The number of β-amino-alcohol motifs (C(OH)–C–C–N with tert-alkyl or cyclic N) is 1. The average Bonchev–Trinajstić information content (AvgIpc) is 3.89. The van der Waals surface area contributed by atoms with Crippen LogP contribution in [0.2, 0.25) is 5.02 Å². The van der Waals surface area contributed by atoms with E-state index in [9.17, 15) is 29.5 Å². The van der Waals surface area contributed by atoms with Crippen molar-refractivity contribution in [2.75, 3.05) is 31.6 Å². The van der Waals surface area contributed by atoms with E-state index in [1.54, 1.807) is 41.7 Å². The van der Waals surface area contributed by atoms with E-state index < -0.39 is 35.4 Å². The quantitative estimate of drug-likeness (QED) is 0.0634. The third-order valence-electron chi connectivity index (χ3n) is 12.6. The predicted octanol–water partition coefficient (Wildman–Crippen LogP) is 7.27. The van der Waals surface area contributed by atoms with Gasteiger partial charge < -0.3 is 40.7 Å². The van der Waals surface area contributed by atoms with Crippen molar-refractivity contribution in [2.24, 2.45) is 16.2 Å². The Kier molecular flexibility index (Phi) is 15.9. The third-order valence-corrected chi connectivity index (χ3v) is 13.9. The van der Waals surface area contributed by atoms with Gasteiger partial charge in [-0.3, -0.25) is 19.2 Å². The average molecular weight is 941 g/mol. The molecule has 352 valence electrons. The summed E-state index contributed by atoms with van der Waals surface area (Å²) in [7, 11) is 0. The second-order valence-electron chi connectivity index (χ2n) is 19.5. The maximum Gasteiger partial charge on any atom is 0.251 e. The molecule has 1 aliphatic heterocycles. The van der Waals surface area contributed by atoms with E-state index in [4.69, 9.17) is 21.1 Å². The second kappa shape index (κ2) is 21.0. The summed E-state index contributed by atoms with van der Waals surface area (Å²) >= 11 is 7.81. The van der Waals surface area contributed by atoms with E-state index in [2.05, 4.69) is 60.0 Å². The van der Waals surface area contributed by atoms with E-state index >= 15 is 0 Å². The molecule has 4 amide bonds. The maximum atomic E-state index is 14.0. The zero-order chi connectivity index (χ0) is 48.0. The van der Waals surface area contributed by atoms with Crippen LogP contribution in [0.4, 0.5) is 5.69 Å². The number of carbonyl (C=O) groups is 4. The first-order valence-corrected chi connectivity index (χ1v) is 23.6. The van der Waals surface area contributed by atoms with Crippen LogP contribution >= 0.6 is 22.9 Å². The first-order valence-electron chi connectivity index (χ1n) is 22.3. The van der Waals surface area contributed by atoms with Gasteiger partial charge in [0.2, 0.25) is 17.7 Å². The number of nitrogens with zero attached hydrogens (tertiary/aromatic N) is 3. The lowest BCUT2D eigenvalue weighted by Gasteiger charge is -2.63. The van der Waals surface area contributed by atoms with Crippen LogP contribution in [-0.2, 0) is 25.7 Å². The van der Waals surface area contributed by atoms with Crippen LogP contribution in [-0.4, -0.2) is 95.3 Å². The summed E-state index contributed by atoms with van der Waals surface area (Å²) in [5.41, 5.74) is 5.04. The molecule has 1 saturated heterocycles. The van der Waals surface area contributed by atoms with Gasteiger partial charge in [-0.1, -0.05) is 84.3 Å². The standard InChI is InChI=1S/C50H62ClN7O7S/c1-30-41(66-29-55-30)32-13-11-31(12-14-32)26-54-44(62)39-23-36(59)27-58(39)45(63)42(48(2,3)4)56-40(60)28-64-22-10-9-21-53-35-18-15-33(16-19-35)43(61)57-46-49(5,6)47(50(46,7)8)65-37-20-17-34(25-52)38(51)24-37/h11-20,24,29,36,39,42,46-47,53,59H,9-10,21-23,26-28H2,1-8H3,(H,54,62)(H,56,60)(H,57,61)/t36-,39+,42?,46-,47-/m1/s1. The molecule has 1 saturated carbocycles. The van der Waals surface area contributed by atoms with Crippen molar-refractivity contribution >= 4 is 52.3 Å². The number of nitriles is 1. The Balaban J connectivity index is 0.896. The number of hydrogen-bond acceptors (Lipinski definition) is 11. The van der Waals surface area contributed by atoms with Gasteiger partial charge in [0.05, 0.1) is 32.8 Å². The van der Waals surface area contributed by atoms with Gasteiger partial charge in [0.1, 0.15) is 36.6 Å². The minimum atomic E-state index is -0.955. The van der Waals surface area contributed by atoms with Crippen molar-refractivity contribution in [3.63, 3.8) is 0 Å². The summed E-state index contributed by atoms with van der Waals surface area (Å²) < 4.78 is 12.0. The van der Waals surface area contributed by atoms with Crippen molar-refractivity contribution in [1.82, 2.24) is 25.8 Å². The first kappa shape index (κ1) is 49.9. The highest BCUT2D eigenvalue weighted by molar-refractivity contribution is 7.13. The lowest BCUT2D eigenvalue weighted by atomic mass is 9.49. The molecule has 0 bridgehead atoms. The molecular weight excluding hydrogens is 878 g/mol. The lowest BCUT2D eigenvalue weighted by Crippen LogP contribution is -2.74. The van der Waals surface area contributed by atoms with Gasteiger partial charge >= 0.3 is 0 Å². The molecular formula is C50H62ClN7O7S. The van der Waals surface area contributed by atoms with Crippen LogP contribution in [0.5, 0.6) is 5.75 Å². The molecule has 66 heavy (non-hydrogen) atoms. The zero-order valence-corrected chi connectivity index (χ0v) is 40.6. The summed E-state index contributed by atoms with van der Waals surface area (Å²) in [6.07, 6.45) is 0.456. The molecule has 2 aliphatic rings. The summed E-state index contributed by atoms with van der Waals surface area (Å²) in [6.45, 7) is 16.7. The van der Waals surface area contributed by atoms with Crippen LogP contribution in [0.1, 0.15) is 94.9 Å². The SMILES string of the molecule is Cc1ncsc1-c1ccc(CNC(=O)[C@@H]2C[C@@H](O)CN2C(=O)C(NC(=O)COCCCCNc2ccc(C(=O)N[C@H]3C(C)(C)[C@H](Oc4ccc(C#N)c(Cl)c4)C3(C)C)cc2)C(C)(C)C)cc1. The van der Waals surface area contributed by atoms with Crippen LogP contribution in [0.25, 0.3) is 10.4 Å². The fourth-order valence-corrected chi connectivity index (χ4v) is 10.3. The number of halogens is 1. The number of aromatic nitrogens is 1. The fourth-order valence-electron chi connectivity index (χ4n) is 9.26. The zero-order valence-electron chi connectivity index (χ0n) is 39.0. The van der Waals surface area contributed by atoms with Crippen LogP contribution < -0.4 is 26.0 Å². The number of likely N-dealkylation sites (tertiary alicyclic amines) is 1. The third kappa shape index (κ3) is 11.7. The number of carbonyl (C=O) groups excluding carboxylic acids is 4. The van der Waals surface area contributed by atoms with Gasteiger partial charge in [0, 0.05) is 66.9 Å². The molecule has 6 rings (SSSR count). The Hall–Kier alpha value is -5.53. The molecule has 16 heteroatoms. The number of hydrogen-bond donors (Lipinski definition) is 5. The van der Waals surface area contributed by atoms with Crippen molar-refractivity contribution in [3.8, 4) is 22.3 Å². The monoisotopic (exact) mass is 939 g/mol. The van der Waals surface area contributed by atoms with Crippen LogP contribution in [0.15, 0.2) is 72.2 Å². The highest BCUT2D eigenvalue weighted by atomic mass is 35.5. The molecule has 1 unspecified atom stereocenters. The van der Waals surface area contributed by atoms with Crippen LogP contribution in [0.3, 0.4) is 0 Å². The number of ether oxygens (including phenoxy) is 2. The van der Waals surface area contributed by atoms with Gasteiger partial charge in [0.15, 0.2) is 0 Å². The molecule has 0 spiro atoms. The summed E-state index contributed by atoms with van der Waals surface area (Å²) in [5.74, 6) is -0.855. The first-order chi connectivity index (χ1) is 31.2. The topological polar surface area (TPSA) is 195 Å². The molecule has 3 aromatic carbocycles. The minimum absolute atomic E-state index is 0.0131. The van der Waals surface area contributed by atoms with Crippen molar-refractivity contribution < 1.29 is 33.8 Å². The van der Waals surface area contributed by atoms with E-state index in [1.165, 1.54) is 4.90 Å². The van der Waals surface area contributed by atoms with Crippen molar-refractivity contribution in [2.45, 2.75) is 112 Å². The molecule has 4 aromatic rings. The number of amides is 4. The van der Waals surface area contributed by atoms with E-state index in [1.807, 2.05) is 69.6 Å². The van der Waals surface area contributed by atoms with E-state index in [-0.39, 0.29) is 60.9 Å². The number of thiazole rings is 1. The van der Waals surface area contributed by atoms with Gasteiger partial charge in [-0.2, -0.15) is 5.26 Å². The molecule has 1 aromatic heterocycles. The minimum Gasteiger partial charge on any atom is -0.489 e. The number of rotatable bonds is 18. The summed E-state index contributed by atoms with van der Waals surface area (Å²) in [6, 6.07) is 20.2. The molecule has 0 radical (unpaired) electrons. The fraction of sp³-hybridized carbons (Fsp3) is 0.480. The second-order valence-corrected chi connectivity index (χ2v) is 20.8. The normalized spacial score (nSPS) is 20.0. The largest absolute Gasteiger partial charge is 0.489 e. The lowest BCUT2D eigenvalue weighted by molar-refractivity contribution is -0.164. The molecule has 1 aliphatic carbocycles. The Bertz CT molecular complexity index is 2390.